The molecule has 266 valence electrons. The molecule has 4 aromatic rings. The average molecular weight is 696 g/mol. The fourth-order valence-corrected chi connectivity index (χ4v) is 6.68. The van der Waals surface area contributed by atoms with E-state index in [1.807, 2.05) is 40.5 Å². The van der Waals surface area contributed by atoms with E-state index in [1.165, 1.54) is 0 Å². The van der Waals surface area contributed by atoms with Crippen molar-refractivity contribution in [3.8, 4) is 5.75 Å². The molecule has 0 radical (unpaired) electrons. The van der Waals surface area contributed by atoms with Gasteiger partial charge in [-0.15, -0.1) is 0 Å². The van der Waals surface area contributed by atoms with Gasteiger partial charge in [0.15, 0.2) is 0 Å². The number of aromatic nitrogens is 1. The molecule has 6 rings (SSSR count). The van der Waals surface area contributed by atoms with Crippen LogP contribution in [-0.2, 0) is 22.6 Å². The van der Waals surface area contributed by atoms with E-state index >= 15 is 0 Å². The van der Waals surface area contributed by atoms with Crippen LogP contribution in [0, 0.1) is 5.92 Å². The van der Waals surface area contributed by atoms with Crippen molar-refractivity contribution in [2.75, 3.05) is 39.3 Å². The number of piperazine rings is 1. The van der Waals surface area contributed by atoms with Gasteiger partial charge in [-0.2, -0.15) is 13.2 Å². The van der Waals surface area contributed by atoms with Crippen molar-refractivity contribution < 1.29 is 42.1 Å². The number of ether oxygens (including phenoxy) is 1. The van der Waals surface area contributed by atoms with Crippen molar-refractivity contribution in [1.29, 1.82) is 0 Å². The molecule has 2 amide bonds. The lowest BCUT2D eigenvalue weighted by Crippen LogP contribution is -2.60. The zero-order valence-corrected chi connectivity index (χ0v) is 27.3. The van der Waals surface area contributed by atoms with Crippen molar-refractivity contribution in [1.82, 2.24) is 25.4 Å². The third-order valence-corrected chi connectivity index (χ3v) is 9.15. The molecule has 0 aliphatic carbocycles. The fourth-order valence-electron chi connectivity index (χ4n) is 6.68. The summed E-state index contributed by atoms with van der Waals surface area (Å²) < 4.78 is 50.8. The molecule has 0 bridgehead atoms. The van der Waals surface area contributed by atoms with Gasteiger partial charge in [-0.1, -0.05) is 36.4 Å². The highest BCUT2D eigenvalue weighted by atomic mass is 19.4. The standard InChI is InChI=1S/C36H40F3N5O6/c37-36(38,39)22-41-35(48)29-20-43(19-27-17-24-5-1-3-7-31(24)50-27)13-14-44(29)18-26(45)16-25(15-23-9-11-40-12-10-23)34(47)42-33-28-6-2-4-8-32(28)49-21-30(33)46/h1-12,17,25-26,29-30,33,45-46H,13-16,18-22H2,(H,41,48)(H,42,47)/t25-,26+,29+,30-,33?/m1/s1. The number of hydrogen-bond donors (Lipinski definition) is 4. The zero-order valence-electron chi connectivity index (χ0n) is 27.3. The van der Waals surface area contributed by atoms with Gasteiger partial charge in [-0.3, -0.25) is 24.4 Å². The molecule has 2 aromatic heterocycles. The number of hydrogen-bond acceptors (Lipinski definition) is 9. The first-order valence-corrected chi connectivity index (χ1v) is 16.6. The summed E-state index contributed by atoms with van der Waals surface area (Å²) in [6.07, 6.45) is -3.23. The van der Waals surface area contributed by atoms with Crippen LogP contribution in [0.25, 0.3) is 11.0 Å². The minimum Gasteiger partial charge on any atom is -0.490 e. The van der Waals surface area contributed by atoms with Crippen molar-refractivity contribution in [2.24, 2.45) is 5.92 Å². The highest BCUT2D eigenvalue weighted by Gasteiger charge is 2.38. The molecule has 5 atom stereocenters. The van der Waals surface area contributed by atoms with Crippen LogP contribution in [0.3, 0.4) is 0 Å². The topological polar surface area (TPSA) is 140 Å². The number of benzene rings is 2. The molecule has 2 aliphatic rings. The van der Waals surface area contributed by atoms with Gasteiger partial charge in [0.25, 0.3) is 0 Å². The Kier molecular flexibility index (Phi) is 11.0. The third-order valence-electron chi connectivity index (χ3n) is 9.15. The van der Waals surface area contributed by atoms with Gasteiger partial charge in [0.05, 0.1) is 18.7 Å². The molecule has 1 fully saturated rings. The second kappa shape index (κ2) is 15.6. The largest absolute Gasteiger partial charge is 0.490 e. The number of amides is 2. The van der Waals surface area contributed by atoms with E-state index in [9.17, 15) is 33.0 Å². The van der Waals surface area contributed by atoms with Crippen molar-refractivity contribution >= 4 is 22.8 Å². The number of nitrogens with one attached hydrogen (secondary N) is 2. The predicted molar refractivity (Wildman–Crippen MR) is 177 cm³/mol. The lowest BCUT2D eigenvalue weighted by Gasteiger charge is -2.41. The van der Waals surface area contributed by atoms with E-state index in [1.54, 1.807) is 53.7 Å². The first-order chi connectivity index (χ1) is 24.0. The molecule has 11 nitrogen and oxygen atoms in total. The van der Waals surface area contributed by atoms with Gasteiger partial charge in [0.2, 0.25) is 11.8 Å². The molecule has 0 saturated carbocycles. The van der Waals surface area contributed by atoms with Crippen molar-refractivity contribution in [3.05, 3.63) is 96.0 Å². The van der Waals surface area contributed by atoms with Crippen molar-refractivity contribution in [3.63, 3.8) is 0 Å². The molecule has 4 heterocycles. The van der Waals surface area contributed by atoms with Gasteiger partial charge in [-0.05, 0) is 48.7 Å². The first kappa shape index (κ1) is 35.3. The summed E-state index contributed by atoms with van der Waals surface area (Å²) in [4.78, 5) is 34.7. The van der Waals surface area contributed by atoms with E-state index in [0.717, 1.165) is 10.9 Å². The van der Waals surface area contributed by atoms with Crippen molar-refractivity contribution in [2.45, 2.75) is 49.9 Å². The van der Waals surface area contributed by atoms with Crippen LogP contribution in [0.15, 0.2) is 83.5 Å². The number of aliphatic hydroxyl groups excluding tert-OH is 2. The summed E-state index contributed by atoms with van der Waals surface area (Å²) in [5, 5.41) is 28.0. The van der Waals surface area contributed by atoms with E-state index in [4.69, 9.17) is 9.15 Å². The predicted octanol–water partition coefficient (Wildman–Crippen LogP) is 3.21. The maximum atomic E-state index is 13.8. The van der Waals surface area contributed by atoms with Crippen LogP contribution in [-0.4, -0.2) is 101 Å². The maximum Gasteiger partial charge on any atom is 0.405 e. The Hall–Kier alpha value is -4.50. The van der Waals surface area contributed by atoms with E-state index in [-0.39, 0.29) is 39.1 Å². The molecule has 2 aromatic carbocycles. The summed E-state index contributed by atoms with van der Waals surface area (Å²) in [6, 6.07) is 18.4. The maximum absolute atomic E-state index is 13.8. The third kappa shape index (κ3) is 8.99. The molecule has 14 heteroatoms. The van der Waals surface area contributed by atoms with Crippen LogP contribution in [0.2, 0.25) is 0 Å². The molecular formula is C36H40F3N5O6. The Morgan fingerprint density at radius 3 is 2.58 bits per heavy atom. The summed E-state index contributed by atoms with van der Waals surface area (Å²) in [6.45, 7) is -0.315. The number of alkyl halides is 3. The number of β-amino-alcohol motifs (C(OH)–C–C–N with tert-alkyl or cyclic N) is 1. The quantitative estimate of drug-likeness (QED) is 0.176. The minimum atomic E-state index is -4.59. The normalized spacial score (nSPS) is 21.2. The van der Waals surface area contributed by atoms with Gasteiger partial charge in [-0.25, -0.2) is 0 Å². The van der Waals surface area contributed by atoms with Crippen LogP contribution in [0.1, 0.15) is 29.3 Å². The Balaban J connectivity index is 1.16. The Bertz CT molecular complexity index is 1720. The number of para-hydroxylation sites is 2. The number of carbonyl (C=O) groups excluding carboxylic acids is 2. The SMILES string of the molecule is O=C(NC1c2ccccc2OC[C@H]1O)[C@H](Cc1ccncc1)C[C@H](O)CN1CCN(Cc2cc3ccccc3o2)C[C@H]1C(=O)NCC(F)(F)F. The zero-order chi connectivity index (χ0) is 35.3. The summed E-state index contributed by atoms with van der Waals surface area (Å²) >= 11 is 0. The smallest absolute Gasteiger partial charge is 0.405 e. The lowest BCUT2D eigenvalue weighted by molar-refractivity contribution is -0.143. The number of nitrogens with zero attached hydrogens (tertiary/aromatic N) is 3. The molecule has 0 spiro atoms. The van der Waals surface area contributed by atoms with Crippen LogP contribution in [0.5, 0.6) is 5.75 Å². The highest BCUT2D eigenvalue weighted by molar-refractivity contribution is 5.82. The average Bonchev–Trinajstić information content (AvgIpc) is 3.51. The molecule has 1 saturated heterocycles. The number of fused-ring (bicyclic) bond motifs is 2. The molecular weight excluding hydrogens is 655 g/mol. The van der Waals surface area contributed by atoms with Crippen LogP contribution in [0.4, 0.5) is 13.2 Å². The van der Waals surface area contributed by atoms with Gasteiger partial charge < -0.3 is 30.0 Å². The number of halogens is 3. The van der Waals surface area contributed by atoms with E-state index in [0.29, 0.717) is 35.7 Å². The number of pyridine rings is 1. The number of furan rings is 1. The second-order valence-corrected chi connectivity index (χ2v) is 12.9. The first-order valence-electron chi connectivity index (χ1n) is 16.6. The minimum absolute atomic E-state index is 0.000279. The van der Waals surface area contributed by atoms with Gasteiger partial charge >= 0.3 is 6.18 Å². The van der Waals surface area contributed by atoms with Gasteiger partial charge in [0.1, 0.15) is 42.4 Å². The molecule has 4 N–H and O–H groups in total. The molecule has 2 aliphatic heterocycles. The van der Waals surface area contributed by atoms with E-state index < -0.39 is 54.7 Å². The lowest BCUT2D eigenvalue weighted by atomic mass is 9.91. The number of aliphatic hydroxyl groups is 2. The highest BCUT2D eigenvalue weighted by Crippen LogP contribution is 2.32. The molecule has 1 unspecified atom stereocenters. The van der Waals surface area contributed by atoms with E-state index in [2.05, 4.69) is 10.3 Å². The summed E-state index contributed by atoms with van der Waals surface area (Å²) in [7, 11) is 0. The van der Waals surface area contributed by atoms with Crippen LogP contribution >= 0.6 is 0 Å². The monoisotopic (exact) mass is 695 g/mol. The number of rotatable bonds is 12. The molecule has 50 heavy (non-hydrogen) atoms. The second-order valence-electron chi connectivity index (χ2n) is 12.9. The Morgan fingerprint density at radius 1 is 1.04 bits per heavy atom. The van der Waals surface area contributed by atoms with Crippen LogP contribution < -0.4 is 15.4 Å². The fraction of sp³-hybridized carbons (Fsp3) is 0.417. The summed E-state index contributed by atoms with van der Waals surface area (Å²) in [5.41, 5.74) is 2.16. The number of carbonyl (C=O) groups is 2. The van der Waals surface area contributed by atoms with Gasteiger partial charge in [0, 0.05) is 55.4 Å². The summed E-state index contributed by atoms with van der Waals surface area (Å²) in [5.74, 6) is -0.722. The Morgan fingerprint density at radius 2 is 1.80 bits per heavy atom. The Labute approximate surface area is 287 Å².